The number of hydrogen-bond acceptors (Lipinski definition) is 4. The maximum Gasteiger partial charge on any atom is 0.130 e. The van der Waals surface area contributed by atoms with E-state index in [1.54, 1.807) is 12.3 Å². The molecule has 124 valence electrons. The molecule has 24 heavy (non-hydrogen) atoms. The number of benzene rings is 1. The van der Waals surface area contributed by atoms with E-state index in [4.69, 9.17) is 5.26 Å². The van der Waals surface area contributed by atoms with Crippen LogP contribution in [0.15, 0.2) is 36.5 Å². The Balaban J connectivity index is 1.50. The maximum absolute atomic E-state index is 13.6. The van der Waals surface area contributed by atoms with E-state index in [9.17, 15) is 8.78 Å². The lowest BCUT2D eigenvalue weighted by Crippen LogP contribution is -2.42. The zero-order chi connectivity index (χ0) is 16.9. The van der Waals surface area contributed by atoms with Gasteiger partial charge < -0.3 is 10.2 Å². The number of piperidine rings is 1. The van der Waals surface area contributed by atoms with Gasteiger partial charge in [-0.1, -0.05) is 6.07 Å². The Hall–Kier alpha value is -2.52. The predicted octanol–water partition coefficient (Wildman–Crippen LogP) is 2.99. The van der Waals surface area contributed by atoms with Crippen molar-refractivity contribution in [3.8, 4) is 6.07 Å². The van der Waals surface area contributed by atoms with Gasteiger partial charge in [0.05, 0.1) is 5.56 Å². The summed E-state index contributed by atoms with van der Waals surface area (Å²) in [6.45, 7) is 2.09. The summed E-state index contributed by atoms with van der Waals surface area (Å²) in [6.07, 6.45) is 3.42. The molecular formula is C18H18F2N4. The molecule has 0 bridgehead atoms. The fourth-order valence-corrected chi connectivity index (χ4v) is 2.87. The molecule has 3 rings (SSSR count). The average Bonchev–Trinajstić information content (AvgIpc) is 2.62. The van der Waals surface area contributed by atoms with Crippen LogP contribution in [0.2, 0.25) is 0 Å². The van der Waals surface area contributed by atoms with Crippen LogP contribution < -0.4 is 10.2 Å². The number of halogens is 2. The van der Waals surface area contributed by atoms with Crippen molar-refractivity contribution in [3.05, 3.63) is 59.3 Å². The smallest absolute Gasteiger partial charge is 0.130 e. The normalized spacial score (nSPS) is 15.3. The topological polar surface area (TPSA) is 52.0 Å². The van der Waals surface area contributed by atoms with Gasteiger partial charge in [0.15, 0.2) is 0 Å². The minimum atomic E-state index is -0.556. The van der Waals surface area contributed by atoms with Gasteiger partial charge in [-0.2, -0.15) is 5.26 Å². The van der Waals surface area contributed by atoms with Crippen LogP contribution in [-0.2, 0) is 6.54 Å². The van der Waals surface area contributed by atoms with Crippen molar-refractivity contribution >= 4 is 5.82 Å². The molecule has 0 aliphatic carbocycles. The van der Waals surface area contributed by atoms with E-state index in [0.29, 0.717) is 23.7 Å². The van der Waals surface area contributed by atoms with Crippen LogP contribution in [0.1, 0.15) is 24.0 Å². The molecular weight excluding hydrogens is 310 g/mol. The van der Waals surface area contributed by atoms with E-state index in [-0.39, 0.29) is 0 Å². The zero-order valence-electron chi connectivity index (χ0n) is 13.2. The molecule has 0 unspecified atom stereocenters. The van der Waals surface area contributed by atoms with Crippen molar-refractivity contribution in [1.82, 2.24) is 10.3 Å². The van der Waals surface area contributed by atoms with Crippen LogP contribution in [-0.4, -0.2) is 24.1 Å². The molecule has 0 saturated carbocycles. The number of rotatable bonds is 4. The van der Waals surface area contributed by atoms with Crippen molar-refractivity contribution in [2.24, 2.45) is 0 Å². The Kier molecular flexibility index (Phi) is 5.02. The van der Waals surface area contributed by atoms with Crippen molar-refractivity contribution in [1.29, 1.82) is 5.26 Å². The number of nitrogens with one attached hydrogen (secondary N) is 1. The maximum atomic E-state index is 13.6. The van der Waals surface area contributed by atoms with E-state index < -0.39 is 11.6 Å². The second kappa shape index (κ2) is 7.37. The van der Waals surface area contributed by atoms with E-state index in [0.717, 1.165) is 37.8 Å². The number of anilines is 1. The quantitative estimate of drug-likeness (QED) is 0.937. The lowest BCUT2D eigenvalue weighted by Gasteiger charge is -2.33. The first-order valence-corrected chi connectivity index (χ1v) is 7.94. The third-order valence-corrected chi connectivity index (χ3v) is 4.29. The van der Waals surface area contributed by atoms with Gasteiger partial charge in [-0.05, 0) is 31.0 Å². The molecule has 1 aromatic carbocycles. The summed E-state index contributed by atoms with van der Waals surface area (Å²) in [5, 5.41) is 12.1. The molecule has 0 spiro atoms. The summed E-state index contributed by atoms with van der Waals surface area (Å²) >= 11 is 0. The summed E-state index contributed by atoms with van der Waals surface area (Å²) in [4.78, 5) is 6.49. The van der Waals surface area contributed by atoms with Gasteiger partial charge in [-0.3, -0.25) is 0 Å². The molecule has 1 aliphatic heterocycles. The SMILES string of the molecule is N#Cc1ccc(N2CCC(NCc3ccc(F)cc3F)CC2)nc1. The molecule has 1 aliphatic rings. The van der Waals surface area contributed by atoms with Crippen LogP contribution in [0.25, 0.3) is 0 Å². The van der Waals surface area contributed by atoms with E-state index in [2.05, 4.69) is 21.3 Å². The van der Waals surface area contributed by atoms with Crippen LogP contribution >= 0.6 is 0 Å². The number of hydrogen-bond donors (Lipinski definition) is 1. The predicted molar refractivity (Wildman–Crippen MR) is 87.4 cm³/mol. The Morgan fingerprint density at radius 1 is 1.21 bits per heavy atom. The molecule has 0 amide bonds. The standard InChI is InChI=1S/C18H18F2N4/c19-15-3-2-14(17(20)9-15)12-22-16-5-7-24(8-6-16)18-4-1-13(10-21)11-23-18/h1-4,9,11,16,22H,5-8,12H2. The summed E-state index contributed by atoms with van der Waals surface area (Å²) < 4.78 is 26.5. The molecule has 1 saturated heterocycles. The van der Waals surface area contributed by atoms with Crippen molar-refractivity contribution in [3.63, 3.8) is 0 Å². The number of nitriles is 1. The molecule has 2 aromatic rings. The molecule has 2 heterocycles. The van der Waals surface area contributed by atoms with E-state index >= 15 is 0 Å². The van der Waals surface area contributed by atoms with E-state index in [1.165, 1.54) is 12.1 Å². The summed E-state index contributed by atoms with van der Waals surface area (Å²) in [5.41, 5.74) is 1.03. The minimum Gasteiger partial charge on any atom is -0.357 e. The van der Waals surface area contributed by atoms with Crippen LogP contribution in [0.5, 0.6) is 0 Å². The number of aromatic nitrogens is 1. The summed E-state index contributed by atoms with van der Waals surface area (Å²) in [6, 6.07) is 9.65. The van der Waals surface area contributed by atoms with Gasteiger partial charge >= 0.3 is 0 Å². The Labute approximate surface area is 139 Å². The second-order valence-electron chi connectivity index (χ2n) is 5.89. The van der Waals surface area contributed by atoms with Gasteiger partial charge in [-0.15, -0.1) is 0 Å². The molecule has 1 aromatic heterocycles. The van der Waals surface area contributed by atoms with Crippen molar-refractivity contribution < 1.29 is 8.78 Å². The highest BCUT2D eigenvalue weighted by Crippen LogP contribution is 2.18. The first kappa shape index (κ1) is 16.3. The van der Waals surface area contributed by atoms with Gasteiger partial charge in [0.2, 0.25) is 0 Å². The monoisotopic (exact) mass is 328 g/mol. The fraction of sp³-hybridized carbons (Fsp3) is 0.333. The third-order valence-electron chi connectivity index (χ3n) is 4.29. The molecule has 6 heteroatoms. The van der Waals surface area contributed by atoms with Crippen LogP contribution in [0.4, 0.5) is 14.6 Å². The molecule has 0 radical (unpaired) electrons. The highest BCUT2D eigenvalue weighted by Gasteiger charge is 2.20. The van der Waals surface area contributed by atoms with Gasteiger partial charge in [0.25, 0.3) is 0 Å². The largest absolute Gasteiger partial charge is 0.357 e. The molecule has 1 N–H and O–H groups in total. The lowest BCUT2D eigenvalue weighted by molar-refractivity contribution is 0.408. The third kappa shape index (κ3) is 3.87. The Morgan fingerprint density at radius 3 is 2.62 bits per heavy atom. The Bertz CT molecular complexity index is 732. The second-order valence-corrected chi connectivity index (χ2v) is 5.89. The zero-order valence-corrected chi connectivity index (χ0v) is 13.2. The fourth-order valence-electron chi connectivity index (χ4n) is 2.87. The Morgan fingerprint density at radius 2 is 2.00 bits per heavy atom. The van der Waals surface area contributed by atoms with Gasteiger partial charge in [-0.25, -0.2) is 13.8 Å². The molecule has 4 nitrogen and oxygen atoms in total. The molecule has 1 fully saturated rings. The number of pyridine rings is 1. The first-order valence-electron chi connectivity index (χ1n) is 7.94. The molecule has 0 atom stereocenters. The lowest BCUT2D eigenvalue weighted by atomic mass is 10.0. The van der Waals surface area contributed by atoms with Gasteiger partial charge in [0.1, 0.15) is 23.5 Å². The van der Waals surface area contributed by atoms with Gasteiger partial charge in [0, 0.05) is 43.5 Å². The summed E-state index contributed by atoms with van der Waals surface area (Å²) in [5.74, 6) is -0.196. The highest BCUT2D eigenvalue weighted by molar-refractivity contribution is 5.42. The van der Waals surface area contributed by atoms with Crippen molar-refractivity contribution in [2.45, 2.75) is 25.4 Å². The van der Waals surface area contributed by atoms with E-state index in [1.807, 2.05) is 6.07 Å². The summed E-state index contributed by atoms with van der Waals surface area (Å²) in [7, 11) is 0. The van der Waals surface area contributed by atoms with Crippen molar-refractivity contribution in [2.75, 3.05) is 18.0 Å². The van der Waals surface area contributed by atoms with Crippen LogP contribution in [0, 0.1) is 23.0 Å². The number of nitrogens with zero attached hydrogens (tertiary/aromatic N) is 3. The van der Waals surface area contributed by atoms with Crippen LogP contribution in [0.3, 0.4) is 0 Å². The minimum absolute atomic E-state index is 0.295. The highest BCUT2D eigenvalue weighted by atomic mass is 19.1. The average molecular weight is 328 g/mol. The first-order chi connectivity index (χ1) is 11.7.